The Morgan fingerprint density at radius 2 is 1.88 bits per heavy atom. The molecule has 3 aromatic rings. The number of sulfone groups is 1. The number of ether oxygens (including phenoxy) is 1. The average molecular weight is 493 g/mol. The van der Waals surface area contributed by atoms with Gasteiger partial charge >= 0.3 is 0 Å². The summed E-state index contributed by atoms with van der Waals surface area (Å²) in [6.45, 7) is 3.32. The summed E-state index contributed by atoms with van der Waals surface area (Å²) in [7, 11) is -1.67. The Bertz CT molecular complexity index is 1390. The Kier molecular flexibility index (Phi) is 6.48. The van der Waals surface area contributed by atoms with Crippen molar-refractivity contribution in [2.24, 2.45) is 0 Å². The lowest BCUT2D eigenvalue weighted by Crippen LogP contribution is -2.16. The van der Waals surface area contributed by atoms with Crippen LogP contribution in [-0.4, -0.2) is 42.0 Å². The molecule has 0 unspecified atom stereocenters. The molecule has 0 bridgehead atoms. The molecule has 3 heterocycles. The SMILES string of the molecule is COc1nc(C2=CCS(=O)(=O)CC2)cc2c(N[C@H](C)c3cccc(C(F)F)c3F)nc(C)nc12. The molecule has 0 radical (unpaired) electrons. The Hall–Kier alpha value is -3.21. The zero-order chi connectivity index (χ0) is 24.6. The maximum absolute atomic E-state index is 14.7. The third-order valence-corrected chi connectivity index (χ3v) is 7.17. The van der Waals surface area contributed by atoms with E-state index in [0.717, 1.165) is 11.6 Å². The number of aromatic nitrogens is 3. The summed E-state index contributed by atoms with van der Waals surface area (Å²) < 4.78 is 70.1. The number of halogens is 3. The van der Waals surface area contributed by atoms with Gasteiger partial charge in [-0.1, -0.05) is 24.3 Å². The number of fused-ring (bicyclic) bond motifs is 1. The van der Waals surface area contributed by atoms with Crippen LogP contribution in [0.3, 0.4) is 0 Å². The van der Waals surface area contributed by atoms with E-state index in [-0.39, 0.29) is 22.9 Å². The Labute approximate surface area is 195 Å². The van der Waals surface area contributed by atoms with Gasteiger partial charge in [-0.2, -0.15) is 0 Å². The molecule has 0 aliphatic carbocycles. The molecule has 1 atom stereocenters. The van der Waals surface area contributed by atoms with Crippen LogP contribution in [0.4, 0.5) is 19.0 Å². The van der Waals surface area contributed by atoms with Gasteiger partial charge in [0.15, 0.2) is 9.84 Å². The second kappa shape index (κ2) is 9.21. The number of hydrogen-bond acceptors (Lipinski definition) is 7. The summed E-state index contributed by atoms with van der Waals surface area (Å²) in [6, 6.07) is 4.91. The van der Waals surface area contributed by atoms with Crippen molar-refractivity contribution in [1.29, 1.82) is 0 Å². The Morgan fingerprint density at radius 3 is 2.53 bits per heavy atom. The average Bonchev–Trinajstić information content (AvgIpc) is 2.78. The largest absolute Gasteiger partial charge is 0.479 e. The van der Waals surface area contributed by atoms with Crippen molar-refractivity contribution in [2.75, 3.05) is 23.9 Å². The molecule has 1 aliphatic heterocycles. The van der Waals surface area contributed by atoms with Crippen LogP contribution >= 0.6 is 0 Å². The zero-order valence-corrected chi connectivity index (χ0v) is 19.6. The predicted molar refractivity (Wildman–Crippen MR) is 123 cm³/mol. The second-order valence-corrected chi connectivity index (χ2v) is 10.3. The van der Waals surface area contributed by atoms with Crippen LogP contribution in [0.15, 0.2) is 30.3 Å². The van der Waals surface area contributed by atoms with Crippen LogP contribution in [-0.2, 0) is 9.84 Å². The number of nitrogens with one attached hydrogen (secondary N) is 1. The van der Waals surface area contributed by atoms with E-state index >= 15 is 0 Å². The molecule has 0 amide bonds. The van der Waals surface area contributed by atoms with Gasteiger partial charge < -0.3 is 10.1 Å². The van der Waals surface area contributed by atoms with Gasteiger partial charge in [0.05, 0.1) is 41.3 Å². The zero-order valence-electron chi connectivity index (χ0n) is 18.8. The molecular weight excluding hydrogens is 469 g/mol. The van der Waals surface area contributed by atoms with Crippen molar-refractivity contribution in [1.82, 2.24) is 15.0 Å². The number of methoxy groups -OCH3 is 1. The fourth-order valence-corrected chi connectivity index (χ4v) is 5.05. The number of hydrogen-bond donors (Lipinski definition) is 1. The lowest BCUT2D eigenvalue weighted by atomic mass is 10.0. The van der Waals surface area contributed by atoms with Crippen LogP contribution in [0.5, 0.6) is 5.88 Å². The molecule has 4 rings (SSSR count). The number of allylic oxidation sites excluding steroid dienone is 1. The lowest BCUT2D eigenvalue weighted by Gasteiger charge is -2.20. The second-order valence-electron chi connectivity index (χ2n) is 8.04. The van der Waals surface area contributed by atoms with Crippen molar-refractivity contribution >= 4 is 32.1 Å². The number of benzene rings is 1. The molecule has 1 aromatic carbocycles. The van der Waals surface area contributed by atoms with Crippen molar-refractivity contribution in [2.45, 2.75) is 32.7 Å². The topological polar surface area (TPSA) is 94.1 Å². The Balaban J connectivity index is 1.80. The van der Waals surface area contributed by atoms with Crippen molar-refractivity contribution in [3.8, 4) is 5.88 Å². The van der Waals surface area contributed by atoms with E-state index < -0.39 is 33.7 Å². The van der Waals surface area contributed by atoms with Crippen LogP contribution in [0.25, 0.3) is 16.5 Å². The summed E-state index contributed by atoms with van der Waals surface area (Å²) in [4.78, 5) is 13.4. The smallest absolute Gasteiger partial charge is 0.266 e. The van der Waals surface area contributed by atoms with E-state index in [1.165, 1.54) is 19.2 Å². The van der Waals surface area contributed by atoms with Gasteiger partial charge in [0.1, 0.15) is 23.0 Å². The number of anilines is 1. The first-order valence-corrected chi connectivity index (χ1v) is 12.4. The summed E-state index contributed by atoms with van der Waals surface area (Å²) in [5.74, 6) is -0.0400. The van der Waals surface area contributed by atoms with E-state index in [0.29, 0.717) is 34.7 Å². The van der Waals surface area contributed by atoms with Gasteiger partial charge in [-0.3, -0.25) is 0 Å². The van der Waals surface area contributed by atoms with Crippen LogP contribution in [0, 0.1) is 12.7 Å². The maximum atomic E-state index is 14.7. The van der Waals surface area contributed by atoms with Crippen molar-refractivity contribution in [3.63, 3.8) is 0 Å². The minimum absolute atomic E-state index is 0.0210. The maximum Gasteiger partial charge on any atom is 0.266 e. The fraction of sp³-hybridized carbons (Fsp3) is 0.348. The molecule has 2 aromatic heterocycles. The number of pyridine rings is 1. The molecule has 0 fully saturated rings. The normalized spacial score (nSPS) is 16.4. The molecule has 34 heavy (non-hydrogen) atoms. The highest BCUT2D eigenvalue weighted by Gasteiger charge is 2.23. The third-order valence-electron chi connectivity index (χ3n) is 5.66. The summed E-state index contributed by atoms with van der Waals surface area (Å²) >= 11 is 0. The van der Waals surface area contributed by atoms with E-state index in [4.69, 9.17) is 4.74 Å². The van der Waals surface area contributed by atoms with Gasteiger partial charge in [0.25, 0.3) is 6.43 Å². The minimum Gasteiger partial charge on any atom is -0.479 e. The van der Waals surface area contributed by atoms with Crippen LogP contribution < -0.4 is 10.1 Å². The molecule has 11 heteroatoms. The quantitative estimate of drug-likeness (QED) is 0.529. The number of alkyl halides is 2. The van der Waals surface area contributed by atoms with E-state index in [9.17, 15) is 21.6 Å². The molecule has 180 valence electrons. The summed E-state index contributed by atoms with van der Waals surface area (Å²) in [5.41, 5.74) is 1.10. The highest BCUT2D eigenvalue weighted by atomic mass is 32.2. The number of nitrogens with zero attached hydrogens (tertiary/aromatic N) is 3. The highest BCUT2D eigenvalue weighted by Crippen LogP contribution is 2.34. The molecule has 1 N–H and O–H groups in total. The van der Waals surface area contributed by atoms with E-state index in [1.54, 1.807) is 26.0 Å². The van der Waals surface area contributed by atoms with E-state index in [1.807, 2.05) is 0 Å². The van der Waals surface area contributed by atoms with Crippen molar-refractivity contribution < 1.29 is 26.3 Å². The molecule has 0 saturated heterocycles. The lowest BCUT2D eigenvalue weighted by molar-refractivity contribution is 0.146. The van der Waals surface area contributed by atoms with Gasteiger partial charge in [0.2, 0.25) is 5.88 Å². The first kappa shape index (κ1) is 23.9. The molecule has 0 spiro atoms. The van der Waals surface area contributed by atoms with Gasteiger partial charge in [0, 0.05) is 5.56 Å². The fourth-order valence-electron chi connectivity index (χ4n) is 3.89. The number of rotatable bonds is 6. The summed E-state index contributed by atoms with van der Waals surface area (Å²) in [6.07, 6.45) is -0.996. The molecule has 0 saturated carbocycles. The third kappa shape index (κ3) is 4.70. The highest BCUT2D eigenvalue weighted by molar-refractivity contribution is 7.91. The van der Waals surface area contributed by atoms with Crippen LogP contribution in [0.2, 0.25) is 0 Å². The van der Waals surface area contributed by atoms with Gasteiger partial charge in [-0.25, -0.2) is 36.5 Å². The van der Waals surface area contributed by atoms with Crippen LogP contribution in [0.1, 0.15) is 48.5 Å². The molecule has 1 aliphatic rings. The molecule has 7 nitrogen and oxygen atoms in total. The predicted octanol–water partition coefficient (Wildman–Crippen LogP) is 4.79. The molecular formula is C23H23F3N4O3S. The van der Waals surface area contributed by atoms with Gasteiger partial charge in [-0.15, -0.1) is 0 Å². The minimum atomic E-state index is -3.12. The van der Waals surface area contributed by atoms with Gasteiger partial charge in [-0.05, 0) is 31.9 Å². The number of aryl methyl sites for hydroxylation is 1. The van der Waals surface area contributed by atoms with Crippen molar-refractivity contribution in [3.05, 3.63) is 58.8 Å². The first-order valence-electron chi connectivity index (χ1n) is 10.6. The first-order chi connectivity index (χ1) is 16.1. The van der Waals surface area contributed by atoms with E-state index in [2.05, 4.69) is 20.3 Å². The monoisotopic (exact) mass is 492 g/mol. The standard InChI is InChI=1S/C23H23F3N4O3S/c1-12(15-5-4-6-16(19(15)24)21(25)26)27-22-17-11-18(14-7-9-34(31,32)10-8-14)30-23(33-3)20(17)28-13(2)29-22/h4-7,11-12,21H,8-10H2,1-3H3,(H,27,28,29)/t12-/m1/s1. The Morgan fingerprint density at radius 1 is 1.15 bits per heavy atom. The summed E-state index contributed by atoms with van der Waals surface area (Å²) in [5, 5.41) is 3.64.